The van der Waals surface area contributed by atoms with Crippen molar-refractivity contribution in [1.29, 1.82) is 0 Å². The Balaban J connectivity index is 0.000000216. The van der Waals surface area contributed by atoms with E-state index in [1.165, 1.54) is 28.1 Å². The van der Waals surface area contributed by atoms with Crippen LogP contribution in [-0.2, 0) is 60.7 Å². The van der Waals surface area contributed by atoms with E-state index in [9.17, 15) is 62.3 Å². The standard InChI is InChI=1S/C26H24F6N4O.C25H22F6N4O2/c27-21-12-23(29)22(28)10-17(21)8-18(33)11-24(37)36-14-16-5-2-1-4-15(16)9-19(36)13-35-25-20(26(30,31)32)6-3-7-34-25;26-19-11-21(28)20(27)9-16(19)7-17(32)10-23(36)35-12-15-4-2-1-3-14(15)8-18(35)13-37-22-5-6-33-24(34-22)25(29,30)31/h1-7,10,12,18-19H,8-9,11,13-14,33H2,(H,34,35);1-6,9,11,17-18H,7-8,10,12-13,32H2/t18?,19-;/m0./s1. The number of anilines is 1. The monoisotopic (exact) mass is 1050 g/mol. The maximum Gasteiger partial charge on any atom is 0.451 e. The predicted octanol–water partition coefficient (Wildman–Crippen LogP) is 9.05. The number of nitrogens with zero attached hydrogens (tertiary/aromatic N) is 5. The number of hydrogen-bond donors (Lipinski definition) is 3. The number of carbonyl (C=O) groups excluding carboxylic acids is 2. The van der Waals surface area contributed by atoms with Gasteiger partial charge in [-0.3, -0.25) is 9.59 Å². The van der Waals surface area contributed by atoms with Gasteiger partial charge in [-0.2, -0.15) is 31.3 Å². The average Bonchev–Trinajstić information content (AvgIpc) is 3.35. The molecule has 3 unspecified atom stereocenters. The number of alkyl halides is 6. The minimum atomic E-state index is -4.74. The van der Waals surface area contributed by atoms with Gasteiger partial charge < -0.3 is 31.3 Å². The van der Waals surface area contributed by atoms with Crippen molar-refractivity contribution in [2.24, 2.45) is 11.5 Å². The van der Waals surface area contributed by atoms with Crippen molar-refractivity contribution < 1.29 is 67.0 Å². The molecule has 23 heteroatoms. The molecular weight excluding hydrogens is 1000 g/mol. The molecule has 0 spiro atoms. The second-order valence-electron chi connectivity index (χ2n) is 17.7. The van der Waals surface area contributed by atoms with Crippen molar-refractivity contribution in [2.45, 2.75) is 88.1 Å². The SMILES string of the molecule is NC(CC(=O)N1Cc2ccccc2CC1COc1ccnc(C(F)(F)F)n1)Cc1cc(F)c(F)cc1F.NC(CC(=O)N1Cc2ccccc2C[C@H]1CNc1ncccc1C(F)(F)F)Cc1cc(F)c(F)cc1F. The smallest absolute Gasteiger partial charge is 0.451 e. The summed E-state index contributed by atoms with van der Waals surface area (Å²) in [6.07, 6.45) is -7.29. The molecule has 2 amide bonds. The highest BCUT2D eigenvalue weighted by atomic mass is 19.4. The molecule has 4 atom stereocenters. The topological polar surface area (TPSA) is 153 Å². The molecule has 0 aliphatic carbocycles. The normalized spacial score (nSPS) is 16.3. The summed E-state index contributed by atoms with van der Waals surface area (Å²) in [5.74, 6) is -9.81. The van der Waals surface area contributed by atoms with E-state index in [4.69, 9.17) is 16.2 Å². The molecule has 392 valence electrons. The average molecular weight is 1050 g/mol. The summed E-state index contributed by atoms with van der Waals surface area (Å²) in [6, 6.07) is 17.5. The zero-order valence-electron chi connectivity index (χ0n) is 38.8. The van der Waals surface area contributed by atoms with Crippen LogP contribution >= 0.6 is 0 Å². The van der Waals surface area contributed by atoms with Gasteiger partial charge in [0.25, 0.3) is 0 Å². The Labute approximate surface area is 415 Å². The summed E-state index contributed by atoms with van der Waals surface area (Å²) < 4.78 is 166. The van der Waals surface area contributed by atoms with E-state index >= 15 is 0 Å². The largest absolute Gasteiger partial charge is 0.475 e. The van der Waals surface area contributed by atoms with E-state index in [-0.39, 0.29) is 74.7 Å². The molecular formula is C51H46F12N8O3. The highest BCUT2D eigenvalue weighted by molar-refractivity contribution is 5.78. The first-order valence-electron chi connectivity index (χ1n) is 22.8. The highest BCUT2D eigenvalue weighted by Gasteiger charge is 2.37. The second kappa shape index (κ2) is 23.3. The van der Waals surface area contributed by atoms with Gasteiger partial charge in [-0.1, -0.05) is 48.5 Å². The Bertz CT molecular complexity index is 2960. The Hall–Kier alpha value is -7.27. The molecule has 0 fully saturated rings. The summed E-state index contributed by atoms with van der Waals surface area (Å²) in [6.45, 7) is 0.253. The molecule has 6 aromatic rings. The molecule has 8 rings (SSSR count). The molecule has 0 bridgehead atoms. The van der Waals surface area contributed by atoms with Gasteiger partial charge in [0.15, 0.2) is 23.3 Å². The van der Waals surface area contributed by atoms with Crippen LogP contribution in [0.1, 0.15) is 57.6 Å². The first-order valence-corrected chi connectivity index (χ1v) is 22.8. The van der Waals surface area contributed by atoms with Crippen LogP contribution in [0.3, 0.4) is 0 Å². The summed E-state index contributed by atoms with van der Waals surface area (Å²) in [5, 5.41) is 2.73. The van der Waals surface area contributed by atoms with Crippen LogP contribution in [-0.4, -0.2) is 73.9 Å². The fraction of sp³-hybridized carbons (Fsp3) is 0.314. The number of aromatic nitrogens is 3. The Morgan fingerprint density at radius 2 is 1.09 bits per heavy atom. The minimum absolute atomic E-state index is 0.00674. The molecule has 2 aromatic heterocycles. The van der Waals surface area contributed by atoms with Crippen LogP contribution in [0.25, 0.3) is 0 Å². The van der Waals surface area contributed by atoms with Crippen LogP contribution < -0.4 is 21.5 Å². The number of nitrogens with one attached hydrogen (secondary N) is 1. The van der Waals surface area contributed by atoms with Gasteiger partial charge in [-0.25, -0.2) is 36.3 Å². The first-order chi connectivity index (χ1) is 35.0. The van der Waals surface area contributed by atoms with Gasteiger partial charge >= 0.3 is 12.4 Å². The number of rotatable bonds is 14. The molecule has 0 saturated carbocycles. The van der Waals surface area contributed by atoms with Gasteiger partial charge in [0.1, 0.15) is 24.1 Å². The Morgan fingerprint density at radius 3 is 1.61 bits per heavy atom. The second-order valence-corrected chi connectivity index (χ2v) is 17.7. The molecule has 74 heavy (non-hydrogen) atoms. The Morgan fingerprint density at radius 1 is 0.608 bits per heavy atom. The zero-order chi connectivity index (χ0) is 53.5. The van der Waals surface area contributed by atoms with E-state index in [1.54, 1.807) is 0 Å². The van der Waals surface area contributed by atoms with Crippen LogP contribution in [0, 0.1) is 34.9 Å². The third-order valence-corrected chi connectivity index (χ3v) is 12.3. The van der Waals surface area contributed by atoms with Gasteiger partial charge in [0.05, 0.1) is 17.6 Å². The number of fused-ring (bicyclic) bond motifs is 2. The lowest BCUT2D eigenvalue weighted by Gasteiger charge is -2.38. The van der Waals surface area contributed by atoms with Crippen molar-refractivity contribution >= 4 is 17.6 Å². The van der Waals surface area contributed by atoms with Crippen LogP contribution in [0.5, 0.6) is 5.88 Å². The first kappa shape index (κ1) is 54.5. The van der Waals surface area contributed by atoms with Crippen molar-refractivity contribution in [3.63, 3.8) is 0 Å². The lowest BCUT2D eigenvalue weighted by atomic mass is 9.93. The maximum atomic E-state index is 14.0. The molecule has 5 N–H and O–H groups in total. The predicted molar refractivity (Wildman–Crippen MR) is 244 cm³/mol. The number of pyridine rings is 1. The van der Waals surface area contributed by atoms with Gasteiger partial charge in [-0.15, -0.1) is 0 Å². The minimum Gasteiger partial charge on any atom is -0.475 e. The fourth-order valence-electron chi connectivity index (χ4n) is 8.65. The van der Waals surface area contributed by atoms with Crippen molar-refractivity contribution in [3.8, 4) is 5.88 Å². The van der Waals surface area contributed by atoms with E-state index in [1.807, 2.05) is 48.5 Å². The van der Waals surface area contributed by atoms with Crippen LogP contribution in [0.4, 0.5) is 58.5 Å². The van der Waals surface area contributed by atoms with Crippen LogP contribution in [0.15, 0.2) is 103 Å². The third kappa shape index (κ3) is 13.9. The quantitative estimate of drug-likeness (QED) is 0.0717. The van der Waals surface area contributed by atoms with E-state index in [0.717, 1.165) is 34.5 Å². The van der Waals surface area contributed by atoms with Gasteiger partial charge in [-0.05, 0) is 83.3 Å². The lowest BCUT2D eigenvalue weighted by Crippen LogP contribution is -2.49. The summed E-state index contributed by atoms with van der Waals surface area (Å²) in [5.41, 5.74) is 14.6. The zero-order valence-corrected chi connectivity index (χ0v) is 38.8. The molecule has 11 nitrogen and oxygen atoms in total. The van der Waals surface area contributed by atoms with Gasteiger partial charge in [0.2, 0.25) is 23.5 Å². The highest BCUT2D eigenvalue weighted by Crippen LogP contribution is 2.34. The van der Waals surface area contributed by atoms with E-state index < -0.39 is 94.6 Å². The molecule has 2 aliphatic rings. The van der Waals surface area contributed by atoms with Crippen molar-refractivity contribution in [3.05, 3.63) is 183 Å². The lowest BCUT2D eigenvalue weighted by molar-refractivity contribution is -0.145. The number of hydrogen-bond acceptors (Lipinski definition) is 9. The number of nitrogens with two attached hydrogens (primary N) is 2. The van der Waals surface area contributed by atoms with E-state index in [2.05, 4.69) is 20.3 Å². The number of benzene rings is 4. The molecule has 0 radical (unpaired) electrons. The van der Waals surface area contributed by atoms with Gasteiger partial charge in [0, 0.05) is 75.2 Å². The number of ether oxygens (including phenoxy) is 1. The molecule has 4 heterocycles. The molecule has 4 aromatic carbocycles. The van der Waals surface area contributed by atoms with E-state index in [0.29, 0.717) is 37.1 Å². The Kier molecular flexibility index (Phi) is 17.2. The maximum absolute atomic E-state index is 14.0. The van der Waals surface area contributed by atoms with Crippen molar-refractivity contribution in [2.75, 3.05) is 18.5 Å². The number of amides is 2. The third-order valence-electron chi connectivity index (χ3n) is 12.3. The summed E-state index contributed by atoms with van der Waals surface area (Å²) in [4.78, 5) is 39.9. The van der Waals surface area contributed by atoms with Crippen LogP contribution in [0.2, 0.25) is 0 Å². The van der Waals surface area contributed by atoms with Crippen molar-refractivity contribution in [1.82, 2.24) is 24.8 Å². The fourth-order valence-corrected chi connectivity index (χ4v) is 8.65. The number of halogens is 12. The summed E-state index contributed by atoms with van der Waals surface area (Å²) >= 11 is 0. The molecule has 0 saturated heterocycles. The number of carbonyl (C=O) groups is 2. The summed E-state index contributed by atoms with van der Waals surface area (Å²) in [7, 11) is 0. The molecule has 2 aliphatic heterocycles.